The molecule has 0 aliphatic carbocycles. The van der Waals surface area contributed by atoms with Gasteiger partial charge in [-0.1, -0.05) is 11.6 Å². The Morgan fingerprint density at radius 2 is 2.40 bits per heavy atom. The molecular weight excluding hydrogens is 143 g/mol. The maximum absolute atomic E-state index is 5.58. The molecule has 0 amide bonds. The molecule has 0 N–H and O–H groups in total. The summed E-state index contributed by atoms with van der Waals surface area (Å²) < 4.78 is 10.8. The summed E-state index contributed by atoms with van der Waals surface area (Å²) in [6.07, 6.45) is 1.20. The van der Waals surface area contributed by atoms with Gasteiger partial charge in [0.15, 0.2) is 0 Å². The Morgan fingerprint density at radius 3 is 2.90 bits per heavy atom. The van der Waals surface area contributed by atoms with Crippen molar-refractivity contribution in [3.05, 3.63) is 0 Å². The highest BCUT2D eigenvalue weighted by Gasteiger charge is 2.16. The molecule has 1 atom stereocenters. The summed E-state index contributed by atoms with van der Waals surface area (Å²) >= 11 is -0.782. The van der Waals surface area contributed by atoms with Crippen LogP contribution in [0.5, 0.6) is 0 Å². The van der Waals surface area contributed by atoms with E-state index < -0.39 is 14.5 Å². The molecule has 0 spiro atoms. The van der Waals surface area contributed by atoms with Gasteiger partial charge in [0.05, 0.1) is 6.61 Å². The molecule has 58 valence electrons. The number of ether oxygens (including phenoxy) is 1. The van der Waals surface area contributed by atoms with Crippen LogP contribution in [-0.2, 0) is 8.53 Å². The molecule has 0 saturated carbocycles. The Morgan fingerprint density at radius 1 is 1.60 bits per heavy atom. The SMILES string of the molecule is [CH3][Al]([CH3])[O]CC1CCOC1. The first kappa shape index (κ1) is 8.55. The van der Waals surface area contributed by atoms with Crippen LogP contribution in [0, 0.1) is 5.92 Å². The Kier molecular flexibility index (Phi) is 3.72. The molecule has 2 nitrogen and oxygen atoms in total. The molecule has 0 bridgehead atoms. The molecule has 0 radical (unpaired) electrons. The van der Waals surface area contributed by atoms with E-state index in [-0.39, 0.29) is 0 Å². The van der Waals surface area contributed by atoms with Crippen molar-refractivity contribution in [1.82, 2.24) is 0 Å². The molecule has 0 aromatic carbocycles. The minimum atomic E-state index is -0.782. The fourth-order valence-corrected chi connectivity index (χ4v) is 1.70. The van der Waals surface area contributed by atoms with Crippen LogP contribution in [0.1, 0.15) is 6.42 Å². The lowest BCUT2D eigenvalue weighted by Gasteiger charge is -2.09. The van der Waals surface area contributed by atoms with Crippen molar-refractivity contribution in [3.63, 3.8) is 0 Å². The van der Waals surface area contributed by atoms with E-state index in [0.29, 0.717) is 5.92 Å². The Hall–Kier alpha value is 0.452. The molecule has 3 heteroatoms. The van der Waals surface area contributed by atoms with Crippen molar-refractivity contribution in [3.8, 4) is 0 Å². The summed E-state index contributed by atoms with van der Waals surface area (Å²) in [5.74, 6) is 5.10. The largest absolute Gasteiger partial charge is 0.501 e. The van der Waals surface area contributed by atoms with E-state index in [1.807, 2.05) is 0 Å². The normalized spacial score (nSPS) is 25.2. The molecular formula is C7H15AlO2. The van der Waals surface area contributed by atoms with Crippen molar-refractivity contribution in [2.24, 2.45) is 5.92 Å². The third-order valence-corrected chi connectivity index (χ3v) is 2.55. The van der Waals surface area contributed by atoms with Gasteiger partial charge in [0.25, 0.3) is 0 Å². The van der Waals surface area contributed by atoms with Crippen molar-refractivity contribution in [2.45, 2.75) is 18.0 Å². The van der Waals surface area contributed by atoms with Crippen LogP contribution in [0.4, 0.5) is 0 Å². The van der Waals surface area contributed by atoms with Crippen molar-refractivity contribution >= 4 is 14.5 Å². The van der Waals surface area contributed by atoms with Gasteiger partial charge in [-0.15, -0.1) is 0 Å². The average Bonchev–Trinajstić information content (AvgIpc) is 2.34. The highest BCUT2D eigenvalue weighted by molar-refractivity contribution is 6.48. The van der Waals surface area contributed by atoms with Gasteiger partial charge in [-0.2, -0.15) is 0 Å². The van der Waals surface area contributed by atoms with Crippen molar-refractivity contribution in [2.75, 3.05) is 19.8 Å². The molecule has 1 saturated heterocycles. The molecule has 1 unspecified atom stereocenters. The third kappa shape index (κ3) is 3.03. The van der Waals surface area contributed by atoms with E-state index in [4.69, 9.17) is 8.53 Å². The second-order valence-corrected chi connectivity index (χ2v) is 5.54. The van der Waals surface area contributed by atoms with Gasteiger partial charge in [0, 0.05) is 19.1 Å². The quantitative estimate of drug-likeness (QED) is 0.576. The number of rotatable bonds is 3. The second-order valence-electron chi connectivity index (χ2n) is 3.11. The predicted octanol–water partition coefficient (Wildman–Crippen LogP) is 1.29. The van der Waals surface area contributed by atoms with Gasteiger partial charge in [0.1, 0.15) is 0 Å². The van der Waals surface area contributed by atoms with Gasteiger partial charge in [0.2, 0.25) is 0 Å². The first-order valence-corrected chi connectivity index (χ1v) is 6.76. The zero-order chi connectivity index (χ0) is 7.40. The summed E-state index contributed by atoms with van der Waals surface area (Å²) in [5, 5.41) is 0. The van der Waals surface area contributed by atoms with E-state index in [0.717, 1.165) is 19.8 Å². The standard InChI is InChI=1S/C5H9O2.2CH3.Al/c6-3-5-1-2-7-4-5;;;/h5H,1-4H2;2*1H3;/q-1;;;+1. The minimum Gasteiger partial charge on any atom is -0.501 e. The molecule has 1 fully saturated rings. The monoisotopic (exact) mass is 158 g/mol. The third-order valence-electron chi connectivity index (χ3n) is 1.69. The lowest BCUT2D eigenvalue weighted by molar-refractivity contribution is 0.167. The fraction of sp³-hybridized carbons (Fsp3) is 1.00. The maximum atomic E-state index is 5.58. The summed E-state index contributed by atoms with van der Waals surface area (Å²) in [7, 11) is 0. The van der Waals surface area contributed by atoms with Gasteiger partial charge in [-0.25, -0.2) is 0 Å². The molecule has 0 aromatic rings. The van der Waals surface area contributed by atoms with E-state index >= 15 is 0 Å². The maximum Gasteiger partial charge on any atom is 0.453 e. The highest BCUT2D eigenvalue weighted by atomic mass is 27.2. The van der Waals surface area contributed by atoms with Gasteiger partial charge >= 0.3 is 14.5 Å². The molecule has 1 rings (SSSR count). The molecule has 1 heterocycles. The number of hydrogen-bond acceptors (Lipinski definition) is 2. The van der Waals surface area contributed by atoms with Crippen LogP contribution in [-0.4, -0.2) is 34.3 Å². The predicted molar refractivity (Wildman–Crippen MR) is 42.4 cm³/mol. The summed E-state index contributed by atoms with van der Waals surface area (Å²) in [4.78, 5) is 0. The summed E-state index contributed by atoms with van der Waals surface area (Å²) in [6, 6.07) is 0. The van der Waals surface area contributed by atoms with Crippen LogP contribution in [0.3, 0.4) is 0 Å². The highest BCUT2D eigenvalue weighted by Crippen LogP contribution is 2.12. The van der Waals surface area contributed by atoms with Gasteiger partial charge in [-0.3, -0.25) is 0 Å². The molecule has 0 aromatic heterocycles. The average molecular weight is 158 g/mol. The van der Waals surface area contributed by atoms with Gasteiger partial charge < -0.3 is 8.53 Å². The Bertz CT molecular complexity index is 89.6. The molecule has 1 aliphatic rings. The minimum absolute atomic E-state index is 0.690. The van der Waals surface area contributed by atoms with E-state index in [2.05, 4.69) is 11.6 Å². The van der Waals surface area contributed by atoms with E-state index in [1.165, 1.54) is 6.42 Å². The first-order chi connectivity index (χ1) is 4.79. The summed E-state index contributed by atoms with van der Waals surface area (Å²) in [5.41, 5.74) is 0. The Labute approximate surface area is 67.2 Å². The van der Waals surface area contributed by atoms with Crippen LogP contribution < -0.4 is 0 Å². The van der Waals surface area contributed by atoms with E-state index in [1.54, 1.807) is 0 Å². The molecule has 10 heavy (non-hydrogen) atoms. The van der Waals surface area contributed by atoms with Crippen molar-refractivity contribution < 1.29 is 8.53 Å². The van der Waals surface area contributed by atoms with E-state index in [9.17, 15) is 0 Å². The fourth-order valence-electron chi connectivity index (χ4n) is 1.04. The zero-order valence-electron chi connectivity index (χ0n) is 6.80. The lowest BCUT2D eigenvalue weighted by atomic mass is 10.1. The number of hydrogen-bond donors (Lipinski definition) is 0. The lowest BCUT2D eigenvalue weighted by Crippen LogP contribution is -2.16. The summed E-state index contributed by atoms with van der Waals surface area (Å²) in [6.45, 7) is 2.79. The Balaban J connectivity index is 2.01. The van der Waals surface area contributed by atoms with Gasteiger partial charge in [-0.05, 0) is 6.42 Å². The van der Waals surface area contributed by atoms with Crippen molar-refractivity contribution in [1.29, 1.82) is 0 Å². The topological polar surface area (TPSA) is 18.5 Å². The second kappa shape index (κ2) is 4.36. The zero-order valence-corrected chi connectivity index (χ0v) is 7.95. The first-order valence-electron chi connectivity index (χ1n) is 3.98. The van der Waals surface area contributed by atoms with Crippen LogP contribution in [0.25, 0.3) is 0 Å². The van der Waals surface area contributed by atoms with Crippen LogP contribution in [0.15, 0.2) is 0 Å². The molecule has 1 aliphatic heterocycles. The smallest absolute Gasteiger partial charge is 0.453 e. The van der Waals surface area contributed by atoms with Crippen LogP contribution >= 0.6 is 0 Å². The van der Waals surface area contributed by atoms with Crippen LogP contribution in [0.2, 0.25) is 11.6 Å².